The van der Waals surface area contributed by atoms with Crippen molar-refractivity contribution in [1.82, 2.24) is 19.9 Å². The quantitative estimate of drug-likeness (QED) is 0.130. The van der Waals surface area contributed by atoms with Gasteiger partial charge in [0.05, 0.1) is 5.69 Å². The number of nitrogens with zero attached hydrogens (tertiary/aromatic N) is 5. The van der Waals surface area contributed by atoms with Gasteiger partial charge in [0.25, 0.3) is 0 Å². The first-order chi connectivity index (χ1) is 34.4. The Morgan fingerprint density at radius 3 is 1.74 bits per heavy atom. The number of pyridine rings is 3. The summed E-state index contributed by atoms with van der Waals surface area (Å²) in [7, 11) is 0. The van der Waals surface area contributed by atoms with E-state index in [1.165, 1.54) is 37.2 Å². The third-order valence-electron chi connectivity index (χ3n) is 11.6. The summed E-state index contributed by atoms with van der Waals surface area (Å²) in [6, 6.07) is 84.0. The first-order valence-electron chi connectivity index (χ1n) is 23.1. The summed E-state index contributed by atoms with van der Waals surface area (Å²) >= 11 is 1.73. The van der Waals surface area contributed by atoms with Gasteiger partial charge in [-0.1, -0.05) is 124 Å². The van der Waals surface area contributed by atoms with Gasteiger partial charge in [-0.25, -0.2) is 11.3 Å². The molecule has 8 radical (unpaired) electrons. The van der Waals surface area contributed by atoms with Gasteiger partial charge < -0.3 is 19.9 Å². The van der Waals surface area contributed by atoms with Crippen LogP contribution in [0, 0.1) is 31.2 Å². The molecular weight excluding hydrogens is 1740 g/mol. The number of aromatic nitrogens is 4. The third kappa shape index (κ3) is 17.1. The molecule has 0 fully saturated rings. The topological polar surface area (TPSA) is 63.9 Å². The van der Waals surface area contributed by atoms with Crippen LogP contribution in [0.1, 0.15) is 30.7 Å². The summed E-state index contributed by atoms with van der Waals surface area (Å²) in [4.78, 5) is 23.0. The summed E-state index contributed by atoms with van der Waals surface area (Å²) in [6.45, 7) is 6.41. The van der Waals surface area contributed by atoms with Crippen LogP contribution >= 0.6 is 11.3 Å². The first-order valence-corrected chi connectivity index (χ1v) is 23.9. The van der Waals surface area contributed by atoms with E-state index in [1.54, 1.807) is 17.5 Å². The van der Waals surface area contributed by atoms with Gasteiger partial charge in [-0.2, -0.15) is 12.1 Å². The summed E-state index contributed by atoms with van der Waals surface area (Å²) in [5.41, 5.74) is 10.7. The number of aliphatic imine (C=N–C) groups is 1. The molecule has 12 aromatic rings. The molecule has 0 amide bonds. The number of aryl methyl sites for hydroxylation is 1. The van der Waals surface area contributed by atoms with Crippen LogP contribution in [-0.4, -0.2) is 34.1 Å². The molecule has 0 saturated carbocycles. The predicted octanol–water partition coefficient (Wildman–Crippen LogP) is 15.8. The Labute approximate surface area is 532 Å². The van der Waals surface area contributed by atoms with E-state index in [-0.39, 0.29) is 127 Å². The Kier molecular flexibility index (Phi) is 28.3. The van der Waals surface area contributed by atoms with Gasteiger partial charge >= 0.3 is 0 Å². The van der Waals surface area contributed by atoms with Crippen LogP contribution in [0.15, 0.2) is 242 Å². The van der Waals surface area contributed by atoms with Gasteiger partial charge in [0.15, 0.2) is 0 Å². The average molecular weight is 1790 g/mol. The fraction of sp³-hybridized carbons (Fsp3) is 0.0625. The second-order valence-corrected chi connectivity index (χ2v) is 17.8. The summed E-state index contributed by atoms with van der Waals surface area (Å²) < 4.78 is 1.26. The maximum Gasteiger partial charge on any atom is 0.0553 e. The average Bonchev–Trinajstić information content (AvgIpc) is 4.17. The smallest absolute Gasteiger partial charge is 0.0553 e. The molecule has 0 N–H and O–H groups in total. The van der Waals surface area contributed by atoms with Crippen LogP contribution < -0.4 is 0 Å². The van der Waals surface area contributed by atoms with E-state index in [2.05, 4.69) is 131 Å². The van der Waals surface area contributed by atoms with Gasteiger partial charge in [0.2, 0.25) is 0 Å². The van der Waals surface area contributed by atoms with Crippen molar-refractivity contribution in [3.05, 3.63) is 278 Å². The molecule has 0 saturated heterocycles. The van der Waals surface area contributed by atoms with Gasteiger partial charge in [-0.3, -0.25) is 4.99 Å². The maximum absolute atomic E-state index is 4.76. The van der Waals surface area contributed by atoms with Gasteiger partial charge in [-0.05, 0) is 72.0 Å². The Morgan fingerprint density at radius 1 is 0.513 bits per heavy atom. The van der Waals surface area contributed by atoms with Crippen molar-refractivity contribution >= 4 is 62.8 Å². The molecule has 7 aromatic carbocycles. The molecule has 5 nitrogen and oxygen atoms in total. The Morgan fingerprint density at radius 2 is 1.12 bits per heavy atom. The second-order valence-electron chi connectivity index (χ2n) is 16.8. The van der Waals surface area contributed by atoms with Crippen molar-refractivity contribution in [3.8, 4) is 33.1 Å². The van der Waals surface area contributed by atoms with E-state index < -0.39 is 0 Å². The van der Waals surface area contributed by atoms with Crippen molar-refractivity contribution in [1.29, 1.82) is 0 Å². The zero-order valence-electron chi connectivity index (χ0n) is 41.6. The summed E-state index contributed by atoms with van der Waals surface area (Å²) in [6.07, 6.45) is 7.35. The van der Waals surface area contributed by atoms with E-state index in [4.69, 9.17) is 4.99 Å². The largest absolute Gasteiger partial charge is 0.400 e. The van der Waals surface area contributed by atoms with Gasteiger partial charge in [0, 0.05) is 151 Å². The molecule has 0 unspecified atom stereocenters. The molecule has 0 bridgehead atoms. The number of hydrogen-bond acceptors (Lipinski definition) is 6. The number of hydrogen-bond donors (Lipinski definition) is 0. The van der Waals surface area contributed by atoms with Crippen molar-refractivity contribution < 1.29 is 113 Å². The van der Waals surface area contributed by atoms with Crippen LogP contribution in [0.5, 0.6) is 0 Å². The van der Waals surface area contributed by atoms with Gasteiger partial charge in [0.1, 0.15) is 0 Å². The summed E-state index contributed by atoms with van der Waals surface area (Å²) in [5.74, 6) is 0. The zero-order valence-corrected chi connectivity index (χ0v) is 54.9. The molecule has 382 valence electrons. The van der Waals surface area contributed by atoms with E-state index in [1.807, 2.05) is 165 Å². The van der Waals surface area contributed by atoms with Crippen molar-refractivity contribution in [2.75, 3.05) is 0 Å². The van der Waals surface area contributed by atoms with E-state index in [0.29, 0.717) is 0 Å². The standard InChI is InChI=1S/C16H14N.2C15H10N.C13H8NS.C5H6N.B.4Ir.Y/c1-16(2)13-10-6-7-11-14(13)17-15(16)12-8-4-3-5-9-12;1-2-7-13(8-3-1)15-14-9-5-4-6-12(14)10-11-16-15;1-2-6-12(7-3-1)15-10-13-8-4-5-9-14(13)11-16-15;1-2-7-12-10(5-1)9-13(15-12)11-6-3-4-8-14-11;1-5-3-2-4-6-5;;;;;;/h3-8,10-11H,1-2H3;1-7,9-11H;1-6,8-11H;1-8H;2-4H,1H3;;;;;;/q5*-1;;;;;;. The fourth-order valence-corrected chi connectivity index (χ4v) is 8.98. The monoisotopic (exact) mass is 1790 g/mol. The van der Waals surface area contributed by atoms with Crippen LogP contribution in [0.3, 0.4) is 0 Å². The SMILES string of the molecule is CC1(C)C(c2[c-]cccc2)=Nc2ccccc21.C[c-]1cccn1.[B].[Ir].[Ir].[Ir].[Ir].[Y].[c-]1c(-c2ccccn2)sc2ccccc12.[c-]1ccccc1-c1cc2ccccc2cn1.[c-]1ccccc1-c1nccc2ccccc12. The van der Waals surface area contributed by atoms with E-state index in [9.17, 15) is 0 Å². The molecule has 76 heavy (non-hydrogen) atoms. The fourth-order valence-electron chi connectivity index (χ4n) is 8.00. The van der Waals surface area contributed by atoms with E-state index >= 15 is 0 Å². The normalized spacial score (nSPS) is 10.9. The third-order valence-corrected chi connectivity index (χ3v) is 12.7. The molecule has 0 spiro atoms. The number of benzene rings is 7. The Bertz CT molecular complexity index is 3560. The van der Waals surface area contributed by atoms with Crippen molar-refractivity contribution in [2.24, 2.45) is 4.99 Å². The minimum Gasteiger partial charge on any atom is -0.400 e. The molecule has 5 aromatic heterocycles. The van der Waals surface area contributed by atoms with Crippen molar-refractivity contribution in [2.45, 2.75) is 26.2 Å². The maximum atomic E-state index is 4.76. The molecule has 1 aliphatic heterocycles. The molecule has 1 aliphatic rings. The van der Waals surface area contributed by atoms with Gasteiger partial charge in [-0.15, -0.1) is 137 Å². The predicted molar refractivity (Wildman–Crippen MR) is 297 cm³/mol. The number of thiophene rings is 1. The molecule has 12 heteroatoms. The molecule has 0 aliphatic carbocycles. The van der Waals surface area contributed by atoms with Crippen molar-refractivity contribution in [3.63, 3.8) is 0 Å². The van der Waals surface area contributed by atoms with Crippen LogP contribution in [0.2, 0.25) is 0 Å². The molecule has 0 atom stereocenters. The number of fused-ring (bicyclic) bond motifs is 4. The molecule has 6 heterocycles. The molecule has 13 rings (SSSR count). The van der Waals surface area contributed by atoms with Crippen LogP contribution in [-0.2, 0) is 119 Å². The number of para-hydroxylation sites is 1. The Balaban J connectivity index is 0.000000251. The minimum atomic E-state index is -0.0333. The summed E-state index contributed by atoms with van der Waals surface area (Å²) in [5, 5.41) is 5.94. The van der Waals surface area contributed by atoms with Crippen LogP contribution in [0.4, 0.5) is 5.69 Å². The number of rotatable bonds is 4. The van der Waals surface area contributed by atoms with Crippen LogP contribution in [0.25, 0.3) is 64.7 Å². The van der Waals surface area contributed by atoms with E-state index in [0.717, 1.165) is 55.7 Å². The minimum absolute atomic E-state index is 0. The molecular formula is C64H48BIr4N5SY-5. The first kappa shape index (κ1) is 65.5. The zero-order chi connectivity index (χ0) is 48.0. The Hall–Kier alpha value is -4.81. The second kappa shape index (κ2) is 32.8.